The SMILES string of the molecule is Cc1ccc(CC(=O)C(C)C)cc1. The Morgan fingerprint density at radius 2 is 1.77 bits per heavy atom. The molecule has 0 bridgehead atoms. The van der Waals surface area contributed by atoms with Crippen LogP contribution in [-0.2, 0) is 11.2 Å². The number of Topliss-reactive ketones (excluding diaryl/α,β-unsaturated/α-hetero) is 1. The molecular formula is C12H16O. The molecule has 0 aliphatic heterocycles. The fraction of sp³-hybridized carbons (Fsp3) is 0.417. The van der Waals surface area contributed by atoms with Crippen molar-refractivity contribution in [3.63, 3.8) is 0 Å². The molecule has 1 aromatic carbocycles. The van der Waals surface area contributed by atoms with Crippen LogP contribution in [0.25, 0.3) is 0 Å². The summed E-state index contributed by atoms with van der Waals surface area (Å²) in [6.45, 7) is 5.93. The average molecular weight is 176 g/mol. The van der Waals surface area contributed by atoms with Crippen molar-refractivity contribution in [2.24, 2.45) is 5.92 Å². The van der Waals surface area contributed by atoms with Crippen molar-refractivity contribution in [2.45, 2.75) is 27.2 Å². The minimum Gasteiger partial charge on any atom is -0.299 e. The lowest BCUT2D eigenvalue weighted by Crippen LogP contribution is -2.09. The van der Waals surface area contributed by atoms with Crippen molar-refractivity contribution >= 4 is 5.78 Å². The lowest BCUT2D eigenvalue weighted by Gasteiger charge is -2.03. The van der Waals surface area contributed by atoms with Crippen LogP contribution < -0.4 is 0 Å². The minimum atomic E-state index is 0.140. The molecule has 0 atom stereocenters. The van der Waals surface area contributed by atoms with Gasteiger partial charge in [-0.3, -0.25) is 4.79 Å². The molecule has 0 aromatic heterocycles. The van der Waals surface area contributed by atoms with Crippen LogP contribution in [0.1, 0.15) is 25.0 Å². The molecule has 0 aliphatic carbocycles. The van der Waals surface area contributed by atoms with Crippen LogP contribution in [0.4, 0.5) is 0 Å². The number of benzene rings is 1. The molecule has 13 heavy (non-hydrogen) atoms. The molecule has 0 radical (unpaired) electrons. The quantitative estimate of drug-likeness (QED) is 0.692. The molecular weight excluding hydrogens is 160 g/mol. The number of carbonyl (C=O) groups excluding carboxylic acids is 1. The van der Waals surface area contributed by atoms with Crippen LogP contribution >= 0.6 is 0 Å². The van der Waals surface area contributed by atoms with Gasteiger partial charge < -0.3 is 0 Å². The van der Waals surface area contributed by atoms with Crippen LogP contribution in [-0.4, -0.2) is 5.78 Å². The Labute approximate surface area is 79.8 Å². The van der Waals surface area contributed by atoms with Gasteiger partial charge in [0.2, 0.25) is 0 Å². The number of ketones is 1. The molecule has 0 unspecified atom stereocenters. The van der Waals surface area contributed by atoms with Gasteiger partial charge in [-0.15, -0.1) is 0 Å². The van der Waals surface area contributed by atoms with Crippen molar-refractivity contribution in [3.8, 4) is 0 Å². The number of hydrogen-bond donors (Lipinski definition) is 0. The molecule has 70 valence electrons. The van der Waals surface area contributed by atoms with Gasteiger partial charge in [-0.1, -0.05) is 43.7 Å². The van der Waals surface area contributed by atoms with Crippen LogP contribution in [0.2, 0.25) is 0 Å². The highest BCUT2D eigenvalue weighted by Gasteiger charge is 2.07. The summed E-state index contributed by atoms with van der Waals surface area (Å²) >= 11 is 0. The Balaban J connectivity index is 2.65. The number of rotatable bonds is 3. The summed E-state index contributed by atoms with van der Waals surface area (Å²) in [5.74, 6) is 0.449. The number of carbonyl (C=O) groups is 1. The third-order valence-electron chi connectivity index (χ3n) is 2.14. The van der Waals surface area contributed by atoms with Crippen molar-refractivity contribution < 1.29 is 4.79 Å². The van der Waals surface area contributed by atoms with E-state index in [1.54, 1.807) is 0 Å². The van der Waals surface area contributed by atoms with Crippen molar-refractivity contribution in [1.82, 2.24) is 0 Å². The van der Waals surface area contributed by atoms with Gasteiger partial charge in [0.25, 0.3) is 0 Å². The normalized spacial score (nSPS) is 10.5. The summed E-state index contributed by atoms with van der Waals surface area (Å²) in [5.41, 5.74) is 2.35. The average Bonchev–Trinajstić information content (AvgIpc) is 2.08. The highest BCUT2D eigenvalue weighted by molar-refractivity contribution is 5.82. The first-order valence-electron chi connectivity index (χ1n) is 4.68. The van der Waals surface area contributed by atoms with Gasteiger partial charge in [0.05, 0.1) is 0 Å². The number of aryl methyl sites for hydroxylation is 1. The van der Waals surface area contributed by atoms with Crippen LogP contribution in [0.15, 0.2) is 24.3 Å². The van der Waals surface area contributed by atoms with Gasteiger partial charge in [-0.05, 0) is 12.5 Å². The summed E-state index contributed by atoms with van der Waals surface area (Å²) in [7, 11) is 0. The van der Waals surface area contributed by atoms with E-state index >= 15 is 0 Å². The Morgan fingerprint density at radius 3 is 2.23 bits per heavy atom. The molecule has 1 nitrogen and oxygen atoms in total. The molecule has 0 spiro atoms. The zero-order valence-corrected chi connectivity index (χ0v) is 8.50. The number of hydrogen-bond acceptors (Lipinski definition) is 1. The highest BCUT2D eigenvalue weighted by atomic mass is 16.1. The van der Waals surface area contributed by atoms with Gasteiger partial charge in [0, 0.05) is 12.3 Å². The smallest absolute Gasteiger partial charge is 0.139 e. The summed E-state index contributed by atoms with van der Waals surface area (Å²) < 4.78 is 0. The Kier molecular flexibility index (Phi) is 3.24. The lowest BCUT2D eigenvalue weighted by molar-refractivity contribution is -0.121. The van der Waals surface area contributed by atoms with E-state index in [-0.39, 0.29) is 5.92 Å². The van der Waals surface area contributed by atoms with Gasteiger partial charge in [-0.2, -0.15) is 0 Å². The summed E-state index contributed by atoms with van der Waals surface area (Å²) in [4.78, 5) is 11.4. The van der Waals surface area contributed by atoms with Gasteiger partial charge in [0.15, 0.2) is 0 Å². The Morgan fingerprint density at radius 1 is 1.23 bits per heavy atom. The molecule has 1 aromatic rings. The molecule has 0 amide bonds. The van der Waals surface area contributed by atoms with E-state index in [9.17, 15) is 4.79 Å². The standard InChI is InChI=1S/C12H16O/c1-9(2)12(13)8-11-6-4-10(3)5-7-11/h4-7,9H,8H2,1-3H3. The molecule has 0 heterocycles. The first kappa shape index (κ1) is 9.97. The Bertz CT molecular complexity index is 282. The fourth-order valence-corrected chi connectivity index (χ4v) is 1.11. The monoisotopic (exact) mass is 176 g/mol. The molecule has 0 saturated heterocycles. The van der Waals surface area contributed by atoms with E-state index in [1.165, 1.54) is 5.56 Å². The molecule has 0 saturated carbocycles. The zero-order valence-electron chi connectivity index (χ0n) is 8.50. The fourth-order valence-electron chi connectivity index (χ4n) is 1.11. The summed E-state index contributed by atoms with van der Waals surface area (Å²) in [5, 5.41) is 0. The predicted octanol–water partition coefficient (Wildman–Crippen LogP) is 2.76. The van der Waals surface area contributed by atoms with Crippen molar-refractivity contribution in [1.29, 1.82) is 0 Å². The van der Waals surface area contributed by atoms with Gasteiger partial charge >= 0.3 is 0 Å². The van der Waals surface area contributed by atoms with Gasteiger partial charge in [0.1, 0.15) is 5.78 Å². The maximum Gasteiger partial charge on any atom is 0.139 e. The van der Waals surface area contributed by atoms with Crippen LogP contribution in [0.5, 0.6) is 0 Å². The van der Waals surface area contributed by atoms with E-state index in [2.05, 4.69) is 0 Å². The second-order valence-corrected chi connectivity index (χ2v) is 3.78. The second kappa shape index (κ2) is 4.22. The molecule has 0 fully saturated rings. The Hall–Kier alpha value is -1.11. The molecule has 0 aliphatic rings. The molecule has 1 heteroatoms. The van der Waals surface area contributed by atoms with Crippen molar-refractivity contribution in [2.75, 3.05) is 0 Å². The third-order valence-corrected chi connectivity index (χ3v) is 2.14. The third kappa shape index (κ3) is 3.02. The maximum atomic E-state index is 11.4. The van der Waals surface area contributed by atoms with Gasteiger partial charge in [-0.25, -0.2) is 0 Å². The zero-order chi connectivity index (χ0) is 9.84. The van der Waals surface area contributed by atoms with E-state index in [4.69, 9.17) is 0 Å². The van der Waals surface area contributed by atoms with E-state index in [0.717, 1.165) is 5.56 Å². The second-order valence-electron chi connectivity index (χ2n) is 3.78. The van der Waals surface area contributed by atoms with Crippen molar-refractivity contribution in [3.05, 3.63) is 35.4 Å². The summed E-state index contributed by atoms with van der Waals surface area (Å²) in [6.07, 6.45) is 0.567. The largest absolute Gasteiger partial charge is 0.299 e. The van der Waals surface area contributed by atoms with E-state index in [0.29, 0.717) is 12.2 Å². The first-order chi connectivity index (χ1) is 6.09. The maximum absolute atomic E-state index is 11.4. The predicted molar refractivity (Wildman–Crippen MR) is 54.7 cm³/mol. The van der Waals surface area contributed by atoms with E-state index in [1.807, 2.05) is 45.0 Å². The topological polar surface area (TPSA) is 17.1 Å². The van der Waals surface area contributed by atoms with Crippen LogP contribution in [0.3, 0.4) is 0 Å². The first-order valence-corrected chi connectivity index (χ1v) is 4.68. The lowest BCUT2D eigenvalue weighted by atomic mass is 10.0. The molecule has 0 N–H and O–H groups in total. The summed E-state index contributed by atoms with van der Waals surface area (Å²) in [6, 6.07) is 8.14. The molecule has 1 rings (SSSR count). The van der Waals surface area contributed by atoms with Crippen LogP contribution in [0, 0.1) is 12.8 Å². The highest BCUT2D eigenvalue weighted by Crippen LogP contribution is 2.07. The van der Waals surface area contributed by atoms with E-state index < -0.39 is 0 Å². The minimum absolute atomic E-state index is 0.140.